The summed E-state index contributed by atoms with van der Waals surface area (Å²) in [6, 6.07) is 15.6. The smallest absolute Gasteiger partial charge is 0.269 e. The van der Waals surface area contributed by atoms with E-state index in [-0.39, 0.29) is 12.3 Å². The van der Waals surface area contributed by atoms with Crippen molar-refractivity contribution in [3.63, 3.8) is 0 Å². The quantitative estimate of drug-likeness (QED) is 0.188. The van der Waals surface area contributed by atoms with Crippen LogP contribution in [-0.4, -0.2) is 17.7 Å². The number of ether oxygens (including phenoxy) is 2. The summed E-state index contributed by atoms with van der Waals surface area (Å²) in [6.07, 6.45) is 1.74. The number of nitro benzene ring substituents is 1. The summed E-state index contributed by atoms with van der Waals surface area (Å²) in [6.45, 7) is 4.52. The molecule has 3 rings (SSSR count). The summed E-state index contributed by atoms with van der Waals surface area (Å²) in [4.78, 5) is 14.9. The topological polar surface area (TPSA) is 74.0 Å². The van der Waals surface area contributed by atoms with Gasteiger partial charge in [0.15, 0.2) is 11.5 Å². The van der Waals surface area contributed by atoms with Gasteiger partial charge < -0.3 is 9.47 Å². The molecule has 0 unspecified atom stereocenters. The Labute approximate surface area is 193 Å². The minimum absolute atomic E-state index is 0.0403. The molecule has 0 amide bonds. The highest BCUT2D eigenvalue weighted by Crippen LogP contribution is 2.37. The third kappa shape index (κ3) is 5.83. The molecule has 0 bridgehead atoms. The van der Waals surface area contributed by atoms with Crippen molar-refractivity contribution in [2.75, 3.05) is 6.61 Å². The van der Waals surface area contributed by atoms with E-state index in [1.54, 1.807) is 18.3 Å². The molecule has 6 nitrogen and oxygen atoms in total. The predicted octanol–water partition coefficient (Wildman–Crippen LogP) is 7.05. The maximum Gasteiger partial charge on any atom is 0.269 e. The summed E-state index contributed by atoms with van der Waals surface area (Å²) in [5.41, 5.74) is 3.38. The summed E-state index contributed by atoms with van der Waals surface area (Å²) < 4.78 is 12.4. The first-order valence-electron chi connectivity index (χ1n) is 9.50. The Bertz CT molecular complexity index is 1120. The second-order valence-electron chi connectivity index (χ2n) is 6.62. The molecule has 0 atom stereocenters. The number of hydrogen-bond donors (Lipinski definition) is 0. The fraction of sp³-hybridized carbons (Fsp3) is 0.174. The Kier molecular flexibility index (Phi) is 7.65. The zero-order valence-electron chi connectivity index (χ0n) is 17.0. The largest absolute Gasteiger partial charge is 0.490 e. The Balaban J connectivity index is 1.82. The second kappa shape index (κ2) is 10.4. The standard InChI is InChI=1S/C23H20BrClN2O4/c1-3-30-22-12-17(13-26-21-6-4-5-20(25)15(21)2)11-19(24)23(22)31-14-16-7-9-18(10-8-16)27(28)29/h4-13H,3,14H2,1-2H3. The SMILES string of the molecule is CCOc1cc(C=Nc2cccc(Cl)c2C)cc(Br)c1OCc1ccc([N+](=O)[O-])cc1. The lowest BCUT2D eigenvalue weighted by atomic mass is 10.2. The summed E-state index contributed by atoms with van der Waals surface area (Å²) in [5, 5.41) is 11.5. The van der Waals surface area contributed by atoms with E-state index >= 15 is 0 Å². The van der Waals surface area contributed by atoms with Crippen LogP contribution < -0.4 is 9.47 Å². The molecule has 160 valence electrons. The molecule has 0 saturated carbocycles. The van der Waals surface area contributed by atoms with E-state index in [1.165, 1.54) is 12.1 Å². The Morgan fingerprint density at radius 3 is 2.58 bits per heavy atom. The Morgan fingerprint density at radius 1 is 1.16 bits per heavy atom. The maximum atomic E-state index is 10.8. The van der Waals surface area contributed by atoms with Crippen LogP contribution in [0.2, 0.25) is 5.02 Å². The Morgan fingerprint density at radius 2 is 1.90 bits per heavy atom. The lowest BCUT2D eigenvalue weighted by molar-refractivity contribution is -0.384. The first kappa shape index (κ1) is 22.8. The van der Waals surface area contributed by atoms with Crippen LogP contribution in [-0.2, 0) is 6.61 Å². The van der Waals surface area contributed by atoms with Crippen LogP contribution in [0.1, 0.15) is 23.6 Å². The van der Waals surface area contributed by atoms with E-state index < -0.39 is 4.92 Å². The first-order valence-corrected chi connectivity index (χ1v) is 10.7. The van der Waals surface area contributed by atoms with Crippen LogP contribution in [0.15, 0.2) is 64.1 Å². The van der Waals surface area contributed by atoms with Crippen molar-refractivity contribution in [2.45, 2.75) is 20.5 Å². The van der Waals surface area contributed by atoms with Crippen molar-refractivity contribution >= 4 is 45.1 Å². The van der Waals surface area contributed by atoms with E-state index in [4.69, 9.17) is 21.1 Å². The zero-order chi connectivity index (χ0) is 22.4. The van der Waals surface area contributed by atoms with Gasteiger partial charge in [-0.25, -0.2) is 0 Å². The fourth-order valence-electron chi connectivity index (χ4n) is 2.81. The maximum absolute atomic E-state index is 10.8. The molecular weight excluding hydrogens is 484 g/mol. The molecule has 31 heavy (non-hydrogen) atoms. The van der Waals surface area contributed by atoms with Gasteiger partial charge in [0.25, 0.3) is 5.69 Å². The molecule has 0 heterocycles. The van der Waals surface area contributed by atoms with E-state index in [0.717, 1.165) is 22.4 Å². The highest BCUT2D eigenvalue weighted by atomic mass is 79.9. The number of hydrogen-bond acceptors (Lipinski definition) is 5. The molecule has 0 aromatic heterocycles. The van der Waals surface area contributed by atoms with Gasteiger partial charge in [-0.15, -0.1) is 0 Å². The van der Waals surface area contributed by atoms with Gasteiger partial charge in [0.1, 0.15) is 6.61 Å². The van der Waals surface area contributed by atoms with Gasteiger partial charge in [-0.1, -0.05) is 17.7 Å². The molecule has 0 aliphatic heterocycles. The molecule has 3 aromatic rings. The van der Waals surface area contributed by atoms with Crippen molar-refractivity contribution in [1.29, 1.82) is 0 Å². The number of non-ortho nitro benzene ring substituents is 1. The van der Waals surface area contributed by atoms with E-state index in [2.05, 4.69) is 20.9 Å². The van der Waals surface area contributed by atoms with Crippen LogP contribution >= 0.6 is 27.5 Å². The zero-order valence-corrected chi connectivity index (χ0v) is 19.3. The average molecular weight is 504 g/mol. The second-order valence-corrected chi connectivity index (χ2v) is 7.88. The number of halogens is 2. The van der Waals surface area contributed by atoms with Crippen LogP contribution in [0, 0.1) is 17.0 Å². The minimum Gasteiger partial charge on any atom is -0.490 e. The van der Waals surface area contributed by atoms with Crippen molar-refractivity contribution in [3.8, 4) is 11.5 Å². The number of benzene rings is 3. The normalized spacial score (nSPS) is 11.0. The molecule has 0 aliphatic rings. The highest BCUT2D eigenvalue weighted by Gasteiger charge is 2.13. The van der Waals surface area contributed by atoms with Gasteiger partial charge in [-0.2, -0.15) is 0 Å². The third-order valence-electron chi connectivity index (χ3n) is 4.45. The van der Waals surface area contributed by atoms with Crippen molar-refractivity contribution in [1.82, 2.24) is 0 Å². The first-order chi connectivity index (χ1) is 14.9. The number of aliphatic imine (C=N–C) groups is 1. The Hall–Kier alpha value is -2.90. The lowest BCUT2D eigenvalue weighted by Crippen LogP contribution is -2.01. The number of nitrogens with zero attached hydrogens (tertiary/aromatic N) is 2. The average Bonchev–Trinajstić information content (AvgIpc) is 2.74. The van der Waals surface area contributed by atoms with Gasteiger partial charge in [-0.05, 0) is 82.9 Å². The molecule has 0 radical (unpaired) electrons. The summed E-state index contributed by atoms with van der Waals surface area (Å²) >= 11 is 9.71. The van der Waals surface area contributed by atoms with E-state index in [9.17, 15) is 10.1 Å². The molecule has 0 spiro atoms. The van der Waals surface area contributed by atoms with Crippen molar-refractivity contribution in [2.24, 2.45) is 4.99 Å². The molecule has 0 aliphatic carbocycles. The van der Waals surface area contributed by atoms with Crippen molar-refractivity contribution in [3.05, 3.63) is 90.9 Å². The van der Waals surface area contributed by atoms with E-state index in [0.29, 0.717) is 27.6 Å². The van der Waals surface area contributed by atoms with Crippen LogP contribution in [0.4, 0.5) is 11.4 Å². The lowest BCUT2D eigenvalue weighted by Gasteiger charge is -2.14. The van der Waals surface area contributed by atoms with Crippen molar-refractivity contribution < 1.29 is 14.4 Å². The van der Waals surface area contributed by atoms with Gasteiger partial charge >= 0.3 is 0 Å². The summed E-state index contributed by atoms with van der Waals surface area (Å²) in [5.74, 6) is 1.12. The minimum atomic E-state index is -0.431. The third-order valence-corrected chi connectivity index (χ3v) is 5.45. The van der Waals surface area contributed by atoms with Crippen LogP contribution in [0.5, 0.6) is 11.5 Å². The number of nitro groups is 1. The van der Waals surface area contributed by atoms with E-state index in [1.807, 2.05) is 44.2 Å². The van der Waals surface area contributed by atoms with Gasteiger partial charge in [0, 0.05) is 23.4 Å². The molecular formula is C23H20BrClN2O4. The van der Waals surface area contributed by atoms with Gasteiger partial charge in [-0.3, -0.25) is 15.1 Å². The molecule has 8 heteroatoms. The fourth-order valence-corrected chi connectivity index (χ4v) is 3.56. The molecule has 3 aromatic carbocycles. The summed E-state index contributed by atoms with van der Waals surface area (Å²) in [7, 11) is 0. The molecule has 0 N–H and O–H groups in total. The molecule has 0 fully saturated rings. The van der Waals surface area contributed by atoms with Crippen LogP contribution in [0.3, 0.4) is 0 Å². The van der Waals surface area contributed by atoms with Gasteiger partial charge in [0.05, 0.1) is 21.7 Å². The predicted molar refractivity (Wildman–Crippen MR) is 126 cm³/mol. The molecule has 0 saturated heterocycles. The highest BCUT2D eigenvalue weighted by molar-refractivity contribution is 9.10. The number of rotatable bonds is 8. The van der Waals surface area contributed by atoms with Gasteiger partial charge in [0.2, 0.25) is 0 Å². The monoisotopic (exact) mass is 502 g/mol. The van der Waals surface area contributed by atoms with Crippen LogP contribution in [0.25, 0.3) is 0 Å².